The van der Waals surface area contributed by atoms with Crippen molar-refractivity contribution >= 4 is 5.69 Å². The number of pyridine rings is 1. The summed E-state index contributed by atoms with van der Waals surface area (Å²) < 4.78 is 11.1. The molecule has 0 unspecified atom stereocenters. The second-order valence-corrected chi connectivity index (χ2v) is 11.5. The average Bonchev–Trinajstić information content (AvgIpc) is 3.33. The number of rotatable bonds is 6. The second-order valence-electron chi connectivity index (χ2n) is 11.5. The molecule has 4 fully saturated rings. The monoisotopic (exact) mass is 448 g/mol. The molecule has 4 saturated carbocycles. The van der Waals surface area contributed by atoms with Gasteiger partial charge in [0, 0.05) is 35.7 Å². The fourth-order valence-electron chi connectivity index (χ4n) is 5.41. The summed E-state index contributed by atoms with van der Waals surface area (Å²) in [6.07, 6.45) is 12.9. The third-order valence-corrected chi connectivity index (χ3v) is 7.98. The number of nitrogens with zero attached hydrogens (tertiary/aromatic N) is 5. The van der Waals surface area contributed by atoms with Gasteiger partial charge < -0.3 is 14.4 Å². The van der Waals surface area contributed by atoms with E-state index in [0.717, 1.165) is 67.4 Å². The molecule has 3 aromatic heterocycles. The molecule has 0 aromatic carbocycles. The van der Waals surface area contributed by atoms with Crippen molar-refractivity contribution < 1.29 is 9.05 Å². The average molecular weight is 449 g/mol. The predicted molar refractivity (Wildman–Crippen MR) is 123 cm³/mol. The molecule has 0 aliphatic heterocycles. The van der Waals surface area contributed by atoms with Gasteiger partial charge in [-0.05, 0) is 62.8 Å². The fraction of sp³-hybridized carbons (Fsp3) is 0.640. The van der Waals surface area contributed by atoms with Crippen LogP contribution in [0.25, 0.3) is 11.5 Å². The first-order valence-corrected chi connectivity index (χ1v) is 12.2. The van der Waals surface area contributed by atoms with E-state index in [4.69, 9.17) is 14.0 Å². The summed E-state index contributed by atoms with van der Waals surface area (Å²) in [5.41, 5.74) is 2.17. The minimum Gasteiger partial charge on any atom is -0.383 e. The number of aromatic nitrogens is 5. The highest BCUT2D eigenvalue weighted by Crippen LogP contribution is 2.57. The van der Waals surface area contributed by atoms with Crippen LogP contribution in [0.5, 0.6) is 0 Å². The highest BCUT2D eigenvalue weighted by atomic mass is 16.5. The predicted octanol–water partition coefficient (Wildman–Crippen LogP) is 5.39. The Labute approximate surface area is 194 Å². The minimum atomic E-state index is -0.109. The van der Waals surface area contributed by atoms with Crippen molar-refractivity contribution in [2.45, 2.75) is 88.9 Å². The molecule has 8 nitrogen and oxygen atoms in total. The van der Waals surface area contributed by atoms with Crippen LogP contribution in [0, 0.1) is 5.41 Å². The van der Waals surface area contributed by atoms with E-state index in [1.165, 1.54) is 19.3 Å². The molecule has 7 rings (SSSR count). The van der Waals surface area contributed by atoms with Gasteiger partial charge in [0.1, 0.15) is 0 Å². The largest absolute Gasteiger partial charge is 0.383 e. The van der Waals surface area contributed by atoms with Crippen molar-refractivity contribution in [1.29, 1.82) is 0 Å². The van der Waals surface area contributed by atoms with Crippen LogP contribution in [0.15, 0.2) is 27.5 Å². The lowest BCUT2D eigenvalue weighted by molar-refractivity contribution is 0.0445. The Hall–Kier alpha value is -2.77. The molecule has 0 atom stereocenters. The van der Waals surface area contributed by atoms with Crippen LogP contribution in [0.3, 0.4) is 0 Å². The van der Waals surface area contributed by atoms with E-state index in [-0.39, 0.29) is 10.8 Å². The highest BCUT2D eigenvalue weighted by molar-refractivity contribution is 5.59. The van der Waals surface area contributed by atoms with Crippen LogP contribution in [-0.2, 0) is 10.8 Å². The zero-order chi connectivity index (χ0) is 22.7. The molecule has 1 N–H and O–H groups in total. The molecule has 0 saturated heterocycles. The van der Waals surface area contributed by atoms with Crippen molar-refractivity contribution in [2.75, 3.05) is 11.9 Å². The lowest BCUT2D eigenvalue weighted by Crippen LogP contribution is -2.47. The summed E-state index contributed by atoms with van der Waals surface area (Å²) in [4.78, 5) is 13.8. The maximum absolute atomic E-state index is 5.62. The lowest BCUT2D eigenvalue weighted by atomic mass is 9.53. The van der Waals surface area contributed by atoms with E-state index < -0.39 is 0 Å². The standard InChI is InChI=1S/C25H32N6O2/c1-23(2,3)22-29-21(31-33-22)25-9-6-24(7-10-25,8-11-25)15-27-18-12-17(13-26-14-18)20-28-19(30-32-20)16-4-5-16/h12-14,16,27H,4-11,15H2,1-3H3. The van der Waals surface area contributed by atoms with Crippen LogP contribution in [-0.4, -0.2) is 31.8 Å². The Morgan fingerprint density at radius 1 is 0.970 bits per heavy atom. The first-order chi connectivity index (χ1) is 15.8. The van der Waals surface area contributed by atoms with Crippen LogP contribution in [0.1, 0.15) is 95.6 Å². The van der Waals surface area contributed by atoms with Gasteiger partial charge in [0.05, 0.1) is 11.3 Å². The SMILES string of the molecule is CC(C)(C)c1nc(C23CCC(CNc4cncc(-c5nc(C6CC6)no5)c4)(CC2)CC3)no1. The molecule has 4 aliphatic carbocycles. The Bertz CT molecular complexity index is 1130. The van der Waals surface area contributed by atoms with Crippen molar-refractivity contribution in [1.82, 2.24) is 25.3 Å². The van der Waals surface area contributed by atoms with E-state index in [9.17, 15) is 0 Å². The maximum Gasteiger partial charge on any atom is 0.259 e. The summed E-state index contributed by atoms with van der Waals surface area (Å²) >= 11 is 0. The molecule has 33 heavy (non-hydrogen) atoms. The molecule has 0 spiro atoms. The normalized spacial score (nSPS) is 27.1. The first-order valence-electron chi connectivity index (χ1n) is 12.2. The molecule has 174 valence electrons. The van der Waals surface area contributed by atoms with Crippen molar-refractivity contribution in [2.24, 2.45) is 5.41 Å². The van der Waals surface area contributed by atoms with Gasteiger partial charge in [-0.15, -0.1) is 0 Å². The Kier molecular flexibility index (Phi) is 4.65. The number of fused-ring (bicyclic) bond motifs is 3. The fourth-order valence-corrected chi connectivity index (χ4v) is 5.41. The van der Waals surface area contributed by atoms with Crippen LogP contribution in [0.2, 0.25) is 0 Å². The summed E-state index contributed by atoms with van der Waals surface area (Å²) in [7, 11) is 0. The Balaban J connectivity index is 1.11. The molecular formula is C25H32N6O2. The summed E-state index contributed by atoms with van der Waals surface area (Å²) in [6.45, 7) is 7.31. The number of hydrogen-bond acceptors (Lipinski definition) is 8. The van der Waals surface area contributed by atoms with E-state index in [0.29, 0.717) is 17.2 Å². The van der Waals surface area contributed by atoms with Gasteiger partial charge in [-0.25, -0.2) is 0 Å². The molecule has 0 radical (unpaired) electrons. The van der Waals surface area contributed by atoms with Crippen molar-refractivity contribution in [3.05, 3.63) is 36.0 Å². The summed E-state index contributed by atoms with van der Waals surface area (Å²) in [6, 6.07) is 2.07. The first kappa shape index (κ1) is 20.8. The molecule has 3 aromatic rings. The molecule has 0 amide bonds. The van der Waals surface area contributed by atoms with E-state index in [1.807, 2.05) is 6.20 Å². The Morgan fingerprint density at radius 2 is 1.73 bits per heavy atom. The lowest BCUT2D eigenvalue weighted by Gasteiger charge is -2.52. The van der Waals surface area contributed by atoms with Crippen LogP contribution < -0.4 is 5.32 Å². The smallest absolute Gasteiger partial charge is 0.259 e. The number of nitrogens with one attached hydrogen (secondary N) is 1. The van der Waals surface area contributed by atoms with E-state index >= 15 is 0 Å². The minimum absolute atomic E-state index is 0.0907. The third-order valence-electron chi connectivity index (χ3n) is 7.98. The molecule has 3 heterocycles. The molecular weight excluding hydrogens is 416 g/mol. The quantitative estimate of drug-likeness (QED) is 0.535. The third kappa shape index (κ3) is 3.83. The molecule has 4 aliphatic rings. The zero-order valence-electron chi connectivity index (χ0n) is 19.7. The highest BCUT2D eigenvalue weighted by Gasteiger charge is 2.51. The van der Waals surface area contributed by atoms with Crippen LogP contribution >= 0.6 is 0 Å². The maximum atomic E-state index is 5.62. The zero-order valence-corrected chi connectivity index (χ0v) is 19.7. The van der Waals surface area contributed by atoms with Gasteiger partial charge >= 0.3 is 0 Å². The molecule has 8 heteroatoms. The Morgan fingerprint density at radius 3 is 2.39 bits per heavy atom. The number of hydrogen-bond donors (Lipinski definition) is 1. The van der Waals surface area contributed by atoms with Gasteiger partial charge in [0.25, 0.3) is 5.89 Å². The summed E-state index contributed by atoms with van der Waals surface area (Å²) in [5, 5.41) is 12.2. The van der Waals surface area contributed by atoms with Crippen molar-refractivity contribution in [3.8, 4) is 11.5 Å². The summed E-state index contributed by atoms with van der Waals surface area (Å²) in [5.74, 6) is 3.53. The topological polar surface area (TPSA) is 103 Å². The van der Waals surface area contributed by atoms with Crippen molar-refractivity contribution in [3.63, 3.8) is 0 Å². The van der Waals surface area contributed by atoms with E-state index in [2.05, 4.69) is 52.4 Å². The van der Waals surface area contributed by atoms with E-state index in [1.54, 1.807) is 6.20 Å². The second kappa shape index (κ2) is 7.37. The van der Waals surface area contributed by atoms with Crippen LogP contribution in [0.4, 0.5) is 5.69 Å². The van der Waals surface area contributed by atoms with Gasteiger partial charge in [-0.3, -0.25) is 4.98 Å². The van der Waals surface area contributed by atoms with Gasteiger partial charge in [0.2, 0.25) is 5.89 Å². The van der Waals surface area contributed by atoms with Gasteiger partial charge in [-0.2, -0.15) is 9.97 Å². The molecule has 2 bridgehead atoms. The number of anilines is 1. The van der Waals surface area contributed by atoms with Gasteiger partial charge in [0.15, 0.2) is 11.6 Å². The van der Waals surface area contributed by atoms with Gasteiger partial charge in [-0.1, -0.05) is 31.1 Å².